The van der Waals surface area contributed by atoms with E-state index in [1.165, 1.54) is 31.4 Å². The number of rotatable bonds is 3. The Labute approximate surface area is 102 Å². The van der Waals surface area contributed by atoms with E-state index in [1.807, 2.05) is 0 Å². The third kappa shape index (κ3) is 3.54. The molecule has 1 rings (SSSR count). The van der Waals surface area contributed by atoms with Crippen molar-refractivity contribution in [2.75, 3.05) is 7.11 Å². The second-order valence-electron chi connectivity index (χ2n) is 3.00. The summed E-state index contributed by atoms with van der Waals surface area (Å²) in [6.45, 7) is 0. The molecule has 0 bridgehead atoms. The summed E-state index contributed by atoms with van der Waals surface area (Å²) in [7, 11) is 1.23. The van der Waals surface area contributed by atoms with Crippen LogP contribution in [0.5, 0.6) is 0 Å². The van der Waals surface area contributed by atoms with E-state index in [0.717, 1.165) is 0 Å². The van der Waals surface area contributed by atoms with E-state index in [-0.39, 0.29) is 5.82 Å². The first-order valence-electron chi connectivity index (χ1n) is 4.42. The Hall–Kier alpha value is -1.00. The summed E-state index contributed by atoms with van der Waals surface area (Å²) in [5.41, 5.74) is 0.599. The minimum atomic E-state index is -0.857. The van der Waals surface area contributed by atoms with E-state index < -0.39 is 17.0 Å². The van der Waals surface area contributed by atoms with Crippen molar-refractivity contribution in [3.8, 4) is 0 Å². The van der Waals surface area contributed by atoms with Gasteiger partial charge in [0.05, 0.1) is 13.2 Å². The van der Waals surface area contributed by atoms with Crippen molar-refractivity contribution in [2.45, 2.75) is 10.9 Å². The number of nitrogens with one attached hydrogen (secondary N) is 1. The molecule has 0 aromatic heterocycles. The highest BCUT2D eigenvalue weighted by Gasteiger charge is 2.21. The van der Waals surface area contributed by atoms with Crippen LogP contribution in [0.2, 0.25) is 0 Å². The first-order chi connectivity index (χ1) is 7.54. The van der Waals surface area contributed by atoms with Crippen LogP contribution in [0.25, 0.3) is 0 Å². The molecule has 0 aliphatic rings. The Bertz CT molecular complexity index is 356. The van der Waals surface area contributed by atoms with Crippen LogP contribution in [0.15, 0.2) is 24.3 Å². The van der Waals surface area contributed by atoms with Gasteiger partial charge in [0.1, 0.15) is 10.7 Å². The predicted octanol–water partition coefficient (Wildman–Crippen LogP) is 3.03. The van der Waals surface area contributed by atoms with Gasteiger partial charge in [0.25, 0.3) is 0 Å². The Morgan fingerprint density at radius 1 is 1.38 bits per heavy atom. The van der Waals surface area contributed by atoms with E-state index in [2.05, 4.69) is 10.1 Å². The molecule has 3 nitrogen and oxygen atoms in total. The minimum absolute atomic E-state index is 0.374. The van der Waals surface area contributed by atoms with Gasteiger partial charge in [-0.05, 0) is 17.7 Å². The van der Waals surface area contributed by atoms with E-state index in [1.54, 1.807) is 0 Å². The number of amides is 1. The van der Waals surface area contributed by atoms with Crippen molar-refractivity contribution in [3.05, 3.63) is 35.6 Å². The zero-order valence-electron chi connectivity index (χ0n) is 8.41. The molecule has 1 N–H and O–H groups in total. The van der Waals surface area contributed by atoms with Gasteiger partial charge in [0.2, 0.25) is 0 Å². The van der Waals surface area contributed by atoms with Crippen LogP contribution in [0, 0.1) is 5.82 Å². The largest absolute Gasteiger partial charge is 0.453 e. The monoisotopic (exact) mass is 265 g/mol. The fraction of sp³-hybridized carbons (Fsp3) is 0.300. The minimum Gasteiger partial charge on any atom is -0.453 e. The number of benzene rings is 1. The lowest BCUT2D eigenvalue weighted by Gasteiger charge is -2.19. The van der Waals surface area contributed by atoms with Gasteiger partial charge in [-0.3, -0.25) is 0 Å². The second-order valence-corrected chi connectivity index (χ2v) is 4.16. The van der Waals surface area contributed by atoms with Gasteiger partial charge in [-0.1, -0.05) is 12.1 Å². The fourth-order valence-corrected chi connectivity index (χ4v) is 1.56. The molecule has 0 radical (unpaired) electrons. The molecule has 1 aromatic rings. The first kappa shape index (κ1) is 13.1. The maximum atomic E-state index is 12.7. The van der Waals surface area contributed by atoms with Crippen LogP contribution in [-0.4, -0.2) is 18.0 Å². The van der Waals surface area contributed by atoms with Crippen LogP contribution in [0.4, 0.5) is 9.18 Å². The third-order valence-corrected chi connectivity index (χ3v) is 2.44. The molecule has 1 unspecified atom stereocenters. The van der Waals surface area contributed by atoms with Crippen molar-refractivity contribution in [2.24, 2.45) is 0 Å². The topological polar surface area (TPSA) is 38.3 Å². The van der Waals surface area contributed by atoms with Crippen molar-refractivity contribution >= 4 is 29.3 Å². The molecule has 1 atom stereocenters. The molecule has 0 spiro atoms. The van der Waals surface area contributed by atoms with Crippen molar-refractivity contribution < 1.29 is 13.9 Å². The molecular formula is C10H10Cl2FNO2. The van der Waals surface area contributed by atoms with Crippen LogP contribution >= 0.6 is 23.2 Å². The molecule has 0 heterocycles. The average molecular weight is 266 g/mol. The number of carbonyl (C=O) groups excluding carboxylic acids is 1. The zero-order valence-corrected chi connectivity index (χ0v) is 9.93. The van der Waals surface area contributed by atoms with Gasteiger partial charge in [-0.2, -0.15) is 0 Å². The average Bonchev–Trinajstić information content (AvgIpc) is 2.26. The maximum Gasteiger partial charge on any atom is 0.407 e. The van der Waals surface area contributed by atoms with Crippen molar-refractivity contribution in [3.63, 3.8) is 0 Å². The fourth-order valence-electron chi connectivity index (χ4n) is 1.15. The number of halogens is 3. The molecule has 88 valence electrons. The lowest BCUT2D eigenvalue weighted by Crippen LogP contribution is -2.32. The smallest absolute Gasteiger partial charge is 0.407 e. The summed E-state index contributed by atoms with van der Waals surface area (Å²) < 4.78 is 17.1. The second kappa shape index (κ2) is 5.92. The van der Waals surface area contributed by atoms with Gasteiger partial charge >= 0.3 is 6.09 Å². The molecular weight excluding hydrogens is 256 g/mol. The van der Waals surface area contributed by atoms with Crippen LogP contribution in [0.3, 0.4) is 0 Å². The maximum absolute atomic E-state index is 12.7. The molecule has 0 saturated carbocycles. The van der Waals surface area contributed by atoms with Gasteiger partial charge in [-0.15, -0.1) is 23.2 Å². The highest BCUT2D eigenvalue weighted by molar-refractivity contribution is 6.44. The predicted molar refractivity (Wildman–Crippen MR) is 60.2 cm³/mol. The first-order valence-corrected chi connectivity index (χ1v) is 5.30. The summed E-state index contributed by atoms with van der Waals surface area (Å²) in [6, 6.07) is 4.87. The SMILES string of the molecule is COC(=O)NC(c1ccc(F)cc1)C(Cl)Cl. The summed E-state index contributed by atoms with van der Waals surface area (Å²) in [5.74, 6) is -0.374. The quantitative estimate of drug-likeness (QED) is 0.854. The normalized spacial score (nSPS) is 12.3. The molecule has 16 heavy (non-hydrogen) atoms. The zero-order chi connectivity index (χ0) is 12.1. The van der Waals surface area contributed by atoms with Gasteiger partial charge < -0.3 is 10.1 Å². The summed E-state index contributed by atoms with van der Waals surface area (Å²) in [4.78, 5) is 10.2. The molecule has 0 saturated heterocycles. The van der Waals surface area contributed by atoms with Crippen LogP contribution in [0.1, 0.15) is 11.6 Å². The van der Waals surface area contributed by atoms with E-state index in [9.17, 15) is 9.18 Å². The Morgan fingerprint density at radius 2 is 1.94 bits per heavy atom. The Kier molecular flexibility index (Phi) is 4.83. The van der Waals surface area contributed by atoms with E-state index in [4.69, 9.17) is 23.2 Å². The molecule has 0 aliphatic heterocycles. The molecule has 6 heteroatoms. The van der Waals surface area contributed by atoms with Gasteiger partial charge in [0.15, 0.2) is 0 Å². The number of hydrogen-bond donors (Lipinski definition) is 1. The number of alkyl halides is 2. The number of alkyl carbamates (subject to hydrolysis) is 1. The summed E-state index contributed by atoms with van der Waals surface area (Å²) in [6.07, 6.45) is -0.652. The van der Waals surface area contributed by atoms with E-state index >= 15 is 0 Å². The van der Waals surface area contributed by atoms with Crippen molar-refractivity contribution in [1.29, 1.82) is 0 Å². The van der Waals surface area contributed by atoms with Crippen LogP contribution < -0.4 is 5.32 Å². The number of carbonyl (C=O) groups is 1. The Morgan fingerprint density at radius 3 is 2.38 bits per heavy atom. The highest BCUT2D eigenvalue weighted by Crippen LogP contribution is 2.24. The highest BCUT2D eigenvalue weighted by atomic mass is 35.5. The third-order valence-electron chi connectivity index (χ3n) is 1.94. The Balaban J connectivity index is 2.85. The lowest BCUT2D eigenvalue weighted by atomic mass is 10.1. The van der Waals surface area contributed by atoms with E-state index in [0.29, 0.717) is 5.56 Å². The number of hydrogen-bond acceptors (Lipinski definition) is 2. The molecule has 0 aliphatic carbocycles. The summed E-state index contributed by atoms with van der Waals surface area (Å²) >= 11 is 11.4. The number of methoxy groups -OCH3 is 1. The molecule has 1 amide bonds. The van der Waals surface area contributed by atoms with Crippen LogP contribution in [-0.2, 0) is 4.74 Å². The number of ether oxygens (including phenoxy) is 1. The summed E-state index contributed by atoms with van der Waals surface area (Å²) in [5, 5.41) is 2.45. The van der Waals surface area contributed by atoms with Crippen molar-refractivity contribution in [1.82, 2.24) is 5.32 Å². The van der Waals surface area contributed by atoms with Gasteiger partial charge in [-0.25, -0.2) is 9.18 Å². The molecule has 0 fully saturated rings. The molecule has 1 aromatic carbocycles. The standard InChI is InChI=1S/C10H10Cl2FNO2/c1-16-10(15)14-8(9(11)12)6-2-4-7(13)5-3-6/h2-5,8-9H,1H3,(H,14,15). The van der Waals surface area contributed by atoms with Gasteiger partial charge in [0, 0.05) is 0 Å². The lowest BCUT2D eigenvalue weighted by molar-refractivity contribution is 0.167.